The molecule has 1 N–H and O–H groups in total. The first kappa shape index (κ1) is 22.0. The van der Waals surface area contributed by atoms with Crippen molar-refractivity contribution < 1.29 is 22.7 Å². The topological polar surface area (TPSA) is 92.8 Å². The van der Waals surface area contributed by atoms with Gasteiger partial charge in [0, 0.05) is 18.8 Å². The predicted octanol–water partition coefficient (Wildman–Crippen LogP) is 3.27. The third kappa shape index (κ3) is 4.88. The van der Waals surface area contributed by atoms with Crippen LogP contribution >= 0.6 is 0 Å². The van der Waals surface area contributed by atoms with E-state index >= 15 is 0 Å². The van der Waals surface area contributed by atoms with E-state index in [4.69, 9.17) is 4.74 Å². The average Bonchev–Trinajstić information content (AvgIpc) is 3.26. The molecule has 1 saturated heterocycles. The van der Waals surface area contributed by atoms with Crippen LogP contribution in [0, 0.1) is 13.8 Å². The molecule has 0 aliphatic carbocycles. The number of nitrogens with zero attached hydrogens (tertiary/aromatic N) is 1. The van der Waals surface area contributed by atoms with E-state index in [0.29, 0.717) is 18.8 Å². The minimum atomic E-state index is -3.64. The van der Waals surface area contributed by atoms with Crippen molar-refractivity contribution in [3.8, 4) is 0 Å². The monoisotopic (exact) mass is 430 g/mol. The number of amides is 1. The van der Waals surface area contributed by atoms with Crippen LogP contribution in [0.15, 0.2) is 47.4 Å². The van der Waals surface area contributed by atoms with Crippen LogP contribution in [-0.2, 0) is 19.6 Å². The van der Waals surface area contributed by atoms with Crippen LogP contribution in [0.4, 0.5) is 5.69 Å². The Balaban J connectivity index is 1.69. The maximum Gasteiger partial charge on any atom is 0.338 e. The van der Waals surface area contributed by atoms with Crippen molar-refractivity contribution >= 4 is 27.6 Å². The standard InChI is InChI=1S/C22H26N2O5S/c1-15-9-10-16(2)20(13-15)23-21(25)17(3)29-22(26)18-7-6-8-19(14-18)30(27,28)24-11-4-5-12-24/h6-10,13-14,17H,4-5,11-12H2,1-3H3,(H,23,25). The van der Waals surface area contributed by atoms with E-state index < -0.39 is 28.0 Å². The van der Waals surface area contributed by atoms with Gasteiger partial charge in [-0.25, -0.2) is 13.2 Å². The summed E-state index contributed by atoms with van der Waals surface area (Å²) < 4.78 is 32.1. The van der Waals surface area contributed by atoms with E-state index in [2.05, 4.69) is 5.32 Å². The Morgan fingerprint density at radius 2 is 1.77 bits per heavy atom. The van der Waals surface area contributed by atoms with Gasteiger partial charge in [-0.15, -0.1) is 0 Å². The van der Waals surface area contributed by atoms with E-state index in [9.17, 15) is 18.0 Å². The fraction of sp³-hybridized carbons (Fsp3) is 0.364. The molecule has 1 aliphatic rings. The molecule has 2 aromatic rings. The summed E-state index contributed by atoms with van der Waals surface area (Å²) >= 11 is 0. The number of carbonyl (C=O) groups excluding carboxylic acids is 2. The van der Waals surface area contributed by atoms with E-state index in [1.54, 1.807) is 0 Å². The van der Waals surface area contributed by atoms with Gasteiger partial charge in [0.25, 0.3) is 5.91 Å². The zero-order chi connectivity index (χ0) is 21.9. The van der Waals surface area contributed by atoms with Gasteiger partial charge in [-0.3, -0.25) is 4.79 Å². The maximum absolute atomic E-state index is 12.7. The molecule has 160 valence electrons. The molecule has 1 fully saturated rings. The third-order valence-electron chi connectivity index (χ3n) is 5.08. The molecule has 0 bridgehead atoms. The number of hydrogen-bond acceptors (Lipinski definition) is 5. The van der Waals surface area contributed by atoms with Crippen molar-refractivity contribution in [2.75, 3.05) is 18.4 Å². The number of rotatable bonds is 6. The molecule has 7 nitrogen and oxygen atoms in total. The van der Waals surface area contributed by atoms with E-state index in [-0.39, 0.29) is 10.5 Å². The molecular formula is C22H26N2O5S. The Morgan fingerprint density at radius 1 is 1.07 bits per heavy atom. The summed E-state index contributed by atoms with van der Waals surface area (Å²) in [7, 11) is -3.64. The van der Waals surface area contributed by atoms with E-state index in [1.807, 2.05) is 32.0 Å². The summed E-state index contributed by atoms with van der Waals surface area (Å²) in [5.41, 5.74) is 2.63. The molecule has 1 amide bonds. The number of sulfonamides is 1. The molecule has 0 aromatic heterocycles. The number of esters is 1. The number of hydrogen-bond donors (Lipinski definition) is 1. The highest BCUT2D eigenvalue weighted by Gasteiger charge is 2.28. The lowest BCUT2D eigenvalue weighted by atomic mass is 10.1. The molecule has 2 aromatic carbocycles. The summed E-state index contributed by atoms with van der Waals surface area (Å²) in [5, 5.41) is 2.76. The summed E-state index contributed by atoms with van der Waals surface area (Å²) in [5.74, 6) is -1.21. The van der Waals surface area contributed by atoms with Gasteiger partial charge in [0.2, 0.25) is 10.0 Å². The lowest BCUT2D eigenvalue weighted by molar-refractivity contribution is -0.123. The van der Waals surface area contributed by atoms with Gasteiger partial charge in [-0.1, -0.05) is 18.2 Å². The quantitative estimate of drug-likeness (QED) is 0.710. The molecule has 3 rings (SSSR count). The Kier molecular flexibility index (Phi) is 6.58. The Hall–Kier alpha value is -2.71. The summed E-state index contributed by atoms with van der Waals surface area (Å²) in [4.78, 5) is 25.0. The van der Waals surface area contributed by atoms with Crippen LogP contribution in [-0.4, -0.2) is 43.8 Å². The van der Waals surface area contributed by atoms with Crippen molar-refractivity contribution in [1.29, 1.82) is 0 Å². The fourth-order valence-corrected chi connectivity index (χ4v) is 4.81. The van der Waals surface area contributed by atoms with Gasteiger partial charge in [0.05, 0.1) is 10.5 Å². The predicted molar refractivity (Wildman–Crippen MR) is 114 cm³/mol. The molecule has 0 spiro atoms. The Labute approximate surface area is 177 Å². The molecule has 0 radical (unpaired) electrons. The fourth-order valence-electron chi connectivity index (χ4n) is 3.25. The first-order valence-corrected chi connectivity index (χ1v) is 11.3. The molecule has 30 heavy (non-hydrogen) atoms. The molecule has 1 heterocycles. The Morgan fingerprint density at radius 3 is 2.47 bits per heavy atom. The van der Waals surface area contributed by atoms with Crippen molar-refractivity contribution in [2.45, 2.75) is 44.6 Å². The lowest BCUT2D eigenvalue weighted by Gasteiger charge is -2.17. The van der Waals surface area contributed by atoms with Crippen LogP contribution in [0.2, 0.25) is 0 Å². The molecule has 0 saturated carbocycles. The number of ether oxygens (including phenoxy) is 1. The van der Waals surface area contributed by atoms with Crippen LogP contribution in [0.25, 0.3) is 0 Å². The van der Waals surface area contributed by atoms with Crippen molar-refractivity contribution in [3.05, 3.63) is 59.2 Å². The van der Waals surface area contributed by atoms with Crippen LogP contribution in [0.3, 0.4) is 0 Å². The van der Waals surface area contributed by atoms with Gasteiger partial charge in [0.1, 0.15) is 0 Å². The first-order valence-electron chi connectivity index (χ1n) is 9.88. The second-order valence-electron chi connectivity index (χ2n) is 7.49. The first-order chi connectivity index (χ1) is 14.2. The van der Waals surface area contributed by atoms with Crippen molar-refractivity contribution in [3.63, 3.8) is 0 Å². The third-order valence-corrected chi connectivity index (χ3v) is 6.97. The van der Waals surface area contributed by atoms with Gasteiger partial charge < -0.3 is 10.1 Å². The highest BCUT2D eigenvalue weighted by Crippen LogP contribution is 2.22. The summed E-state index contributed by atoms with van der Waals surface area (Å²) in [6, 6.07) is 11.4. The highest BCUT2D eigenvalue weighted by atomic mass is 32.2. The van der Waals surface area contributed by atoms with E-state index in [0.717, 1.165) is 24.0 Å². The number of anilines is 1. The van der Waals surface area contributed by atoms with Crippen LogP contribution < -0.4 is 5.32 Å². The van der Waals surface area contributed by atoms with Crippen molar-refractivity contribution in [1.82, 2.24) is 4.31 Å². The van der Waals surface area contributed by atoms with Gasteiger partial charge in [0.15, 0.2) is 6.10 Å². The smallest absolute Gasteiger partial charge is 0.338 e. The lowest BCUT2D eigenvalue weighted by Crippen LogP contribution is -2.30. The van der Waals surface area contributed by atoms with Gasteiger partial charge >= 0.3 is 5.97 Å². The number of nitrogens with one attached hydrogen (secondary N) is 1. The van der Waals surface area contributed by atoms with Crippen LogP contribution in [0.1, 0.15) is 41.3 Å². The second-order valence-corrected chi connectivity index (χ2v) is 9.43. The number of carbonyl (C=O) groups is 2. The SMILES string of the molecule is Cc1ccc(C)c(NC(=O)C(C)OC(=O)c2cccc(S(=O)(=O)N3CCCC3)c2)c1. The number of benzene rings is 2. The van der Waals surface area contributed by atoms with Gasteiger partial charge in [-0.05, 0) is 69.0 Å². The molecular weight excluding hydrogens is 404 g/mol. The van der Waals surface area contributed by atoms with Crippen LogP contribution in [0.5, 0.6) is 0 Å². The minimum Gasteiger partial charge on any atom is -0.449 e. The minimum absolute atomic E-state index is 0.0475. The maximum atomic E-state index is 12.7. The normalized spacial score (nSPS) is 15.6. The molecule has 1 atom stereocenters. The summed E-state index contributed by atoms with van der Waals surface area (Å²) in [6.45, 7) is 6.22. The highest BCUT2D eigenvalue weighted by molar-refractivity contribution is 7.89. The molecule has 8 heteroatoms. The van der Waals surface area contributed by atoms with Crippen molar-refractivity contribution in [2.24, 2.45) is 0 Å². The molecule has 1 unspecified atom stereocenters. The molecule has 1 aliphatic heterocycles. The summed E-state index contributed by atoms with van der Waals surface area (Å²) in [6.07, 6.45) is 0.610. The zero-order valence-corrected chi connectivity index (χ0v) is 18.2. The second kappa shape index (κ2) is 8.97. The number of aryl methyl sites for hydroxylation is 2. The van der Waals surface area contributed by atoms with E-state index in [1.165, 1.54) is 35.5 Å². The zero-order valence-electron chi connectivity index (χ0n) is 17.3. The average molecular weight is 431 g/mol. The largest absolute Gasteiger partial charge is 0.449 e. The Bertz CT molecular complexity index is 1060. The van der Waals surface area contributed by atoms with Gasteiger partial charge in [-0.2, -0.15) is 4.31 Å².